The van der Waals surface area contributed by atoms with E-state index in [1.807, 2.05) is 0 Å². The number of carbonyl (C=O) groups is 4. The van der Waals surface area contributed by atoms with Crippen LogP contribution < -0.4 is 16.0 Å². The number of anilines is 2. The minimum atomic E-state index is -1.71. The molecule has 8 nitrogen and oxygen atoms in total. The molecular weight excluding hydrogens is 477 g/mol. The van der Waals surface area contributed by atoms with Crippen LogP contribution in [0.2, 0.25) is 0 Å². The summed E-state index contributed by atoms with van der Waals surface area (Å²) < 4.78 is 40.1. The predicted octanol–water partition coefficient (Wildman–Crippen LogP) is 3.76. The van der Waals surface area contributed by atoms with Gasteiger partial charge in [0.25, 0.3) is 11.8 Å². The number of carbonyl (C=O) groups excluding carboxylic acids is 4. The van der Waals surface area contributed by atoms with Crippen molar-refractivity contribution >= 4 is 35.1 Å². The van der Waals surface area contributed by atoms with Crippen molar-refractivity contribution < 1.29 is 32.3 Å². The third-order valence-electron chi connectivity index (χ3n) is 5.62. The molecule has 0 aromatic heterocycles. The van der Waals surface area contributed by atoms with E-state index in [0.29, 0.717) is 10.6 Å². The maximum absolute atomic E-state index is 13.7. The normalized spacial score (nSPS) is 17.1. The van der Waals surface area contributed by atoms with E-state index in [9.17, 15) is 32.3 Å². The van der Waals surface area contributed by atoms with Crippen molar-refractivity contribution in [3.63, 3.8) is 0 Å². The largest absolute Gasteiger partial charge is 0.325 e. The van der Waals surface area contributed by atoms with Gasteiger partial charge in [0.1, 0.15) is 17.9 Å². The molecule has 3 aromatic carbocycles. The standard InChI is InChI=1S/C25H19F3N4O4/c1-25(14-6-11-18(27)19(28)12-14)23(35)32(24(36)31-25)13-21(33)30-20-5-3-2-4-17(20)22(34)29-16-9-7-15(26)8-10-16/h2-12H,13H2,1H3,(H,29,34)(H,30,33)(H,31,36). The molecule has 184 valence electrons. The first-order chi connectivity index (χ1) is 17.1. The molecule has 36 heavy (non-hydrogen) atoms. The first-order valence-electron chi connectivity index (χ1n) is 10.6. The second kappa shape index (κ2) is 9.53. The van der Waals surface area contributed by atoms with E-state index in [0.717, 1.165) is 18.2 Å². The van der Waals surface area contributed by atoms with Crippen molar-refractivity contribution in [1.29, 1.82) is 0 Å². The quantitative estimate of drug-likeness (QED) is 0.452. The number of nitrogens with zero attached hydrogens (tertiary/aromatic N) is 1. The molecule has 0 aliphatic carbocycles. The molecule has 0 saturated carbocycles. The molecule has 1 saturated heterocycles. The lowest BCUT2D eigenvalue weighted by atomic mass is 9.92. The first kappa shape index (κ1) is 24.5. The molecule has 1 unspecified atom stereocenters. The Morgan fingerprint density at radius 2 is 1.61 bits per heavy atom. The Bertz CT molecular complexity index is 1380. The highest BCUT2D eigenvalue weighted by atomic mass is 19.2. The van der Waals surface area contributed by atoms with Crippen molar-refractivity contribution in [1.82, 2.24) is 10.2 Å². The number of nitrogens with one attached hydrogen (secondary N) is 3. The van der Waals surface area contributed by atoms with Gasteiger partial charge in [-0.3, -0.25) is 19.3 Å². The van der Waals surface area contributed by atoms with Gasteiger partial charge in [0.15, 0.2) is 11.6 Å². The van der Waals surface area contributed by atoms with E-state index in [2.05, 4.69) is 16.0 Å². The Labute approximate surface area is 203 Å². The number of benzene rings is 3. The average molecular weight is 496 g/mol. The zero-order chi connectivity index (χ0) is 26.0. The van der Waals surface area contributed by atoms with E-state index in [-0.39, 0.29) is 16.8 Å². The van der Waals surface area contributed by atoms with Gasteiger partial charge in [-0.25, -0.2) is 18.0 Å². The van der Waals surface area contributed by atoms with Crippen molar-refractivity contribution in [3.8, 4) is 0 Å². The number of para-hydroxylation sites is 1. The van der Waals surface area contributed by atoms with Crippen LogP contribution in [-0.4, -0.2) is 35.2 Å². The van der Waals surface area contributed by atoms with Crippen molar-refractivity contribution in [2.24, 2.45) is 0 Å². The first-order valence-corrected chi connectivity index (χ1v) is 10.6. The summed E-state index contributed by atoms with van der Waals surface area (Å²) in [6.45, 7) is 0.616. The van der Waals surface area contributed by atoms with E-state index in [1.165, 1.54) is 43.3 Å². The maximum Gasteiger partial charge on any atom is 0.325 e. The van der Waals surface area contributed by atoms with Gasteiger partial charge in [-0.1, -0.05) is 18.2 Å². The van der Waals surface area contributed by atoms with Gasteiger partial charge < -0.3 is 16.0 Å². The Hall–Kier alpha value is -4.67. The molecule has 1 aliphatic rings. The fraction of sp³-hybridized carbons (Fsp3) is 0.120. The highest BCUT2D eigenvalue weighted by Crippen LogP contribution is 2.30. The third kappa shape index (κ3) is 4.76. The molecule has 11 heteroatoms. The minimum absolute atomic E-state index is 0.00506. The van der Waals surface area contributed by atoms with Crippen LogP contribution in [0.15, 0.2) is 66.7 Å². The van der Waals surface area contributed by atoms with Gasteiger partial charge in [0.2, 0.25) is 5.91 Å². The van der Waals surface area contributed by atoms with Crippen molar-refractivity contribution in [3.05, 3.63) is 95.3 Å². The average Bonchev–Trinajstić information content (AvgIpc) is 3.06. The maximum atomic E-state index is 13.7. The number of halogens is 3. The highest BCUT2D eigenvalue weighted by Gasteiger charge is 2.49. The Kier molecular flexibility index (Phi) is 6.47. The molecular formula is C25H19F3N4O4. The second-order valence-electron chi connectivity index (χ2n) is 8.13. The number of hydrogen-bond donors (Lipinski definition) is 3. The van der Waals surface area contributed by atoms with Gasteiger partial charge in [-0.2, -0.15) is 0 Å². The molecule has 0 radical (unpaired) electrons. The Morgan fingerprint density at radius 1 is 0.917 bits per heavy atom. The molecule has 3 aromatic rings. The van der Waals surface area contributed by atoms with Crippen LogP contribution in [0.5, 0.6) is 0 Å². The Morgan fingerprint density at radius 3 is 2.31 bits per heavy atom. The van der Waals surface area contributed by atoms with Gasteiger partial charge in [0, 0.05) is 5.69 Å². The summed E-state index contributed by atoms with van der Waals surface area (Å²) in [6.07, 6.45) is 0. The van der Waals surface area contributed by atoms with Crippen molar-refractivity contribution in [2.75, 3.05) is 17.2 Å². The SMILES string of the molecule is CC1(c2ccc(F)c(F)c2)NC(=O)N(CC(=O)Nc2ccccc2C(=O)Nc2ccc(F)cc2)C1=O. The summed E-state index contributed by atoms with van der Waals surface area (Å²) in [7, 11) is 0. The molecule has 1 fully saturated rings. The zero-order valence-corrected chi connectivity index (χ0v) is 18.8. The molecule has 1 atom stereocenters. The topological polar surface area (TPSA) is 108 Å². The lowest BCUT2D eigenvalue weighted by Crippen LogP contribution is -2.42. The van der Waals surface area contributed by atoms with Crippen LogP contribution in [0.4, 0.5) is 29.3 Å². The smallest absolute Gasteiger partial charge is 0.324 e. The number of amides is 5. The number of urea groups is 1. The predicted molar refractivity (Wildman–Crippen MR) is 123 cm³/mol. The fourth-order valence-electron chi connectivity index (χ4n) is 3.70. The van der Waals surface area contributed by atoms with Crippen LogP contribution in [0.3, 0.4) is 0 Å². The Balaban J connectivity index is 1.48. The summed E-state index contributed by atoms with van der Waals surface area (Å²) in [5.74, 6) is -4.98. The van der Waals surface area contributed by atoms with Gasteiger partial charge >= 0.3 is 6.03 Å². The molecule has 1 aliphatic heterocycles. The van der Waals surface area contributed by atoms with Crippen LogP contribution in [0.1, 0.15) is 22.8 Å². The molecule has 4 rings (SSSR count). The molecule has 3 N–H and O–H groups in total. The molecule has 0 spiro atoms. The number of hydrogen-bond acceptors (Lipinski definition) is 4. The lowest BCUT2D eigenvalue weighted by Gasteiger charge is -2.22. The van der Waals surface area contributed by atoms with Crippen LogP contribution in [0, 0.1) is 17.5 Å². The van der Waals surface area contributed by atoms with E-state index < -0.39 is 53.3 Å². The summed E-state index contributed by atoms with van der Waals surface area (Å²) in [5, 5.41) is 7.48. The second-order valence-corrected chi connectivity index (χ2v) is 8.13. The highest BCUT2D eigenvalue weighted by molar-refractivity contribution is 6.12. The molecule has 1 heterocycles. The lowest BCUT2D eigenvalue weighted by molar-refractivity contribution is -0.133. The van der Waals surface area contributed by atoms with E-state index in [4.69, 9.17) is 0 Å². The minimum Gasteiger partial charge on any atom is -0.324 e. The number of rotatable bonds is 6. The van der Waals surface area contributed by atoms with Crippen LogP contribution in [0.25, 0.3) is 0 Å². The van der Waals surface area contributed by atoms with Gasteiger partial charge in [-0.15, -0.1) is 0 Å². The molecule has 5 amide bonds. The number of imide groups is 1. The fourth-order valence-corrected chi connectivity index (χ4v) is 3.70. The third-order valence-corrected chi connectivity index (χ3v) is 5.62. The van der Waals surface area contributed by atoms with Gasteiger partial charge in [0.05, 0.1) is 11.3 Å². The summed E-state index contributed by atoms with van der Waals surface area (Å²) in [5.41, 5.74) is -1.18. The molecule has 0 bridgehead atoms. The van der Waals surface area contributed by atoms with Crippen LogP contribution >= 0.6 is 0 Å². The van der Waals surface area contributed by atoms with Crippen molar-refractivity contribution in [2.45, 2.75) is 12.5 Å². The van der Waals surface area contributed by atoms with Gasteiger partial charge in [-0.05, 0) is 61.0 Å². The van der Waals surface area contributed by atoms with Crippen LogP contribution in [-0.2, 0) is 15.1 Å². The zero-order valence-electron chi connectivity index (χ0n) is 18.8. The summed E-state index contributed by atoms with van der Waals surface area (Å²) in [6, 6.07) is 13.0. The van der Waals surface area contributed by atoms with E-state index >= 15 is 0 Å². The van der Waals surface area contributed by atoms with E-state index in [1.54, 1.807) is 12.1 Å². The summed E-state index contributed by atoms with van der Waals surface area (Å²) >= 11 is 0. The summed E-state index contributed by atoms with van der Waals surface area (Å²) in [4.78, 5) is 51.5. The monoisotopic (exact) mass is 496 g/mol.